The van der Waals surface area contributed by atoms with Gasteiger partial charge in [0, 0.05) is 51.3 Å². The Bertz CT molecular complexity index is 1060. The number of carbonyl (C=O) groups is 1. The molecule has 1 aliphatic heterocycles. The maximum Gasteiger partial charge on any atom is 0.222 e. The van der Waals surface area contributed by atoms with E-state index in [1.54, 1.807) is 12.5 Å². The first kappa shape index (κ1) is 25.3. The van der Waals surface area contributed by atoms with E-state index < -0.39 is 0 Å². The second-order valence-corrected chi connectivity index (χ2v) is 14.6. The van der Waals surface area contributed by atoms with Crippen molar-refractivity contribution >= 4 is 11.7 Å². The zero-order chi connectivity index (χ0) is 26.3. The summed E-state index contributed by atoms with van der Waals surface area (Å²) in [6.45, 7) is 11.0. The molecule has 5 aliphatic carbocycles. The number of piperazine rings is 1. The summed E-state index contributed by atoms with van der Waals surface area (Å²) in [5.74, 6) is 5.91. The van der Waals surface area contributed by atoms with Crippen molar-refractivity contribution in [1.82, 2.24) is 14.9 Å². The third kappa shape index (κ3) is 3.43. The molecule has 2 heterocycles. The molecular formula is C32H48N4O2. The Morgan fingerprint density at radius 2 is 1.92 bits per heavy atom. The lowest BCUT2D eigenvalue weighted by Gasteiger charge is -2.61. The van der Waals surface area contributed by atoms with Gasteiger partial charge in [0.15, 0.2) is 0 Å². The van der Waals surface area contributed by atoms with Crippen LogP contribution in [-0.4, -0.2) is 60.2 Å². The van der Waals surface area contributed by atoms with E-state index in [0.717, 1.165) is 55.7 Å². The molecule has 1 aromatic heterocycles. The monoisotopic (exact) mass is 520 g/mol. The molecule has 0 N–H and O–H groups in total. The molecule has 10 atom stereocenters. The Hall–Kier alpha value is -1.69. The number of anilines is 1. The van der Waals surface area contributed by atoms with E-state index in [0.29, 0.717) is 46.5 Å². The van der Waals surface area contributed by atoms with Gasteiger partial charge in [0.25, 0.3) is 0 Å². The minimum absolute atomic E-state index is 0.359. The van der Waals surface area contributed by atoms with Crippen molar-refractivity contribution in [2.75, 3.05) is 38.2 Å². The van der Waals surface area contributed by atoms with Gasteiger partial charge in [-0.15, -0.1) is 0 Å². The molecular weight excluding hydrogens is 472 g/mol. The van der Waals surface area contributed by atoms with Gasteiger partial charge in [0.2, 0.25) is 5.91 Å². The van der Waals surface area contributed by atoms with E-state index in [4.69, 9.17) is 4.74 Å². The predicted octanol–water partition coefficient (Wildman–Crippen LogP) is 5.44. The van der Waals surface area contributed by atoms with Crippen LogP contribution in [0.15, 0.2) is 18.6 Å². The van der Waals surface area contributed by atoms with E-state index >= 15 is 0 Å². The molecule has 6 heteroatoms. The first-order valence-electron chi connectivity index (χ1n) is 15.6. The van der Waals surface area contributed by atoms with Crippen LogP contribution in [0.2, 0.25) is 0 Å². The number of carbonyl (C=O) groups excluding carboxylic acids is 1. The maximum absolute atomic E-state index is 13.5. The number of nitrogens with zero attached hydrogens (tertiary/aromatic N) is 4. The van der Waals surface area contributed by atoms with Crippen LogP contribution in [0.3, 0.4) is 0 Å². The molecule has 6 nitrogen and oxygen atoms in total. The Kier molecular flexibility index (Phi) is 5.93. The molecule has 1 unspecified atom stereocenters. The van der Waals surface area contributed by atoms with Crippen molar-refractivity contribution in [1.29, 1.82) is 0 Å². The first-order chi connectivity index (χ1) is 18.3. The molecule has 6 fully saturated rings. The topological polar surface area (TPSA) is 58.6 Å². The van der Waals surface area contributed by atoms with Crippen molar-refractivity contribution in [3.05, 3.63) is 18.6 Å². The number of rotatable bonds is 5. The van der Waals surface area contributed by atoms with E-state index in [1.807, 2.05) is 13.2 Å². The van der Waals surface area contributed by atoms with Crippen LogP contribution in [0, 0.1) is 51.8 Å². The van der Waals surface area contributed by atoms with Crippen LogP contribution >= 0.6 is 0 Å². The molecule has 208 valence electrons. The van der Waals surface area contributed by atoms with E-state index in [2.05, 4.69) is 40.5 Å². The second-order valence-electron chi connectivity index (χ2n) is 14.6. The fourth-order valence-corrected chi connectivity index (χ4v) is 11.8. The molecule has 6 aliphatic rings. The largest absolute Gasteiger partial charge is 0.381 e. The Morgan fingerprint density at radius 1 is 1.11 bits per heavy atom. The third-order valence-electron chi connectivity index (χ3n) is 13.6. The van der Waals surface area contributed by atoms with Crippen molar-refractivity contribution in [2.45, 2.75) is 84.7 Å². The highest BCUT2D eigenvalue weighted by Crippen LogP contribution is 2.82. The van der Waals surface area contributed by atoms with Gasteiger partial charge in [-0.2, -0.15) is 0 Å². The summed E-state index contributed by atoms with van der Waals surface area (Å²) in [5.41, 5.74) is 1.38. The highest BCUT2D eigenvalue weighted by atomic mass is 16.5. The highest BCUT2D eigenvalue weighted by Gasteiger charge is 2.77. The number of hydrogen-bond acceptors (Lipinski definition) is 5. The van der Waals surface area contributed by atoms with Crippen LogP contribution in [0.5, 0.6) is 0 Å². The summed E-state index contributed by atoms with van der Waals surface area (Å²) < 4.78 is 6.31. The van der Waals surface area contributed by atoms with Crippen molar-refractivity contribution < 1.29 is 9.53 Å². The molecule has 0 aromatic carbocycles. The normalized spacial score (nSPS) is 46.1. The number of aromatic nitrogens is 2. The van der Waals surface area contributed by atoms with Crippen molar-refractivity contribution in [3.8, 4) is 0 Å². The Morgan fingerprint density at radius 3 is 2.63 bits per heavy atom. The lowest BCUT2D eigenvalue weighted by molar-refractivity contribution is -0.161. The average molecular weight is 521 g/mol. The van der Waals surface area contributed by atoms with Crippen molar-refractivity contribution in [3.63, 3.8) is 0 Å². The van der Waals surface area contributed by atoms with Crippen LogP contribution < -0.4 is 4.90 Å². The fraction of sp³-hybridized carbons (Fsp3) is 0.844. The maximum atomic E-state index is 13.5. The van der Waals surface area contributed by atoms with E-state index in [1.165, 1.54) is 51.4 Å². The van der Waals surface area contributed by atoms with Gasteiger partial charge in [0.1, 0.15) is 12.1 Å². The van der Waals surface area contributed by atoms with Crippen LogP contribution in [0.25, 0.3) is 0 Å². The van der Waals surface area contributed by atoms with Gasteiger partial charge in [0.05, 0.1) is 6.10 Å². The second kappa shape index (κ2) is 8.91. The molecule has 1 saturated heterocycles. The molecule has 1 amide bonds. The first-order valence-corrected chi connectivity index (χ1v) is 15.6. The molecule has 0 radical (unpaired) electrons. The number of hydrogen-bond donors (Lipinski definition) is 0. The highest BCUT2D eigenvalue weighted by molar-refractivity contribution is 5.76. The minimum Gasteiger partial charge on any atom is -0.381 e. The van der Waals surface area contributed by atoms with Gasteiger partial charge < -0.3 is 14.5 Å². The quantitative estimate of drug-likeness (QED) is 0.518. The average Bonchev–Trinajstić information content (AvgIpc) is 3.44. The SMILES string of the molecule is CO[C@@H]1C[C@H]2[C@@H]3CC[C@H](C(C)CC(=O)N4CCN(c5ccncn5)CC4)[C@@]3(C)CC[C@@H]2[C@@]2(C)CC[C@@H]3C[C@@]312. The Labute approximate surface area is 229 Å². The summed E-state index contributed by atoms with van der Waals surface area (Å²) in [4.78, 5) is 26.3. The summed E-state index contributed by atoms with van der Waals surface area (Å²) in [6, 6.07) is 1.96. The molecule has 1 spiro atoms. The molecule has 0 bridgehead atoms. The molecule has 7 rings (SSSR count). The standard InChI is InChI=1S/C32H48N4O2/c1-21(17-29(37)36-15-13-35(14-16-36)28-9-12-33-20-34-28)24-5-6-25-23-18-27(38-4)32-19-22(32)7-11-31(32,3)26(23)8-10-30(24,25)2/h9,12,20-27H,5-8,10-11,13-19H2,1-4H3/t21?,22-,23+,24-,25+,26+,27-,30-,31-,32-/m1/s1. The van der Waals surface area contributed by atoms with Gasteiger partial charge in [-0.1, -0.05) is 20.8 Å². The zero-order valence-electron chi connectivity index (χ0n) is 24.1. The van der Waals surface area contributed by atoms with Gasteiger partial charge in [-0.25, -0.2) is 9.97 Å². The van der Waals surface area contributed by atoms with Gasteiger partial charge in [-0.3, -0.25) is 4.79 Å². The van der Waals surface area contributed by atoms with Crippen LogP contribution in [0.4, 0.5) is 5.82 Å². The molecule has 38 heavy (non-hydrogen) atoms. The summed E-state index contributed by atoms with van der Waals surface area (Å²) in [6.07, 6.45) is 15.6. The third-order valence-corrected chi connectivity index (χ3v) is 13.6. The predicted molar refractivity (Wildman–Crippen MR) is 148 cm³/mol. The zero-order valence-corrected chi connectivity index (χ0v) is 24.1. The smallest absolute Gasteiger partial charge is 0.222 e. The van der Waals surface area contributed by atoms with E-state index in [-0.39, 0.29) is 0 Å². The molecule has 1 aromatic rings. The lowest BCUT2D eigenvalue weighted by Crippen LogP contribution is -2.57. The number of ether oxygens (including phenoxy) is 1. The molecule has 5 saturated carbocycles. The van der Waals surface area contributed by atoms with Crippen molar-refractivity contribution in [2.24, 2.45) is 51.8 Å². The van der Waals surface area contributed by atoms with Crippen LogP contribution in [0.1, 0.15) is 78.6 Å². The summed E-state index contributed by atoms with van der Waals surface area (Å²) in [5, 5.41) is 0. The van der Waals surface area contributed by atoms with Gasteiger partial charge >= 0.3 is 0 Å². The lowest BCUT2D eigenvalue weighted by atomic mass is 9.45. The van der Waals surface area contributed by atoms with Crippen LogP contribution in [-0.2, 0) is 9.53 Å². The number of methoxy groups -OCH3 is 1. The number of fused-ring (bicyclic) bond motifs is 4. The number of amides is 1. The summed E-state index contributed by atoms with van der Waals surface area (Å²) >= 11 is 0. The summed E-state index contributed by atoms with van der Waals surface area (Å²) in [7, 11) is 1.99. The van der Waals surface area contributed by atoms with E-state index in [9.17, 15) is 4.79 Å². The fourth-order valence-electron chi connectivity index (χ4n) is 11.8. The van der Waals surface area contributed by atoms with Gasteiger partial charge in [-0.05, 0) is 104 Å². The Balaban J connectivity index is 1.01. The minimum atomic E-state index is 0.359.